The Morgan fingerprint density at radius 2 is 1.92 bits per heavy atom. The molecule has 0 unspecified atom stereocenters. The Morgan fingerprint density at radius 3 is 2.38 bits per heavy atom. The summed E-state index contributed by atoms with van der Waals surface area (Å²) < 4.78 is 0. The summed E-state index contributed by atoms with van der Waals surface area (Å²) in [6.07, 6.45) is 2.81. The van der Waals surface area contributed by atoms with E-state index < -0.39 is 0 Å². The average molecular weight is 183 g/mol. The summed E-state index contributed by atoms with van der Waals surface area (Å²) in [4.78, 5) is 2.38. The minimum Gasteiger partial charge on any atom is -0.390 e. The van der Waals surface area contributed by atoms with E-state index in [4.69, 9.17) is 5.11 Å². The minimum absolute atomic E-state index is 0.0269. The number of likely N-dealkylation sites (tertiary alicyclic amines) is 1. The zero-order chi connectivity index (χ0) is 9.42. The molecule has 2 aliphatic rings. The summed E-state index contributed by atoms with van der Waals surface area (Å²) in [6, 6.07) is 0. The highest BCUT2D eigenvalue weighted by atomic mass is 16.3. The van der Waals surface area contributed by atoms with Crippen molar-refractivity contribution in [2.24, 2.45) is 17.8 Å². The normalized spacial score (nSPS) is 36.0. The lowest BCUT2D eigenvalue weighted by atomic mass is 9.69. The Kier molecular flexibility index (Phi) is 2.61. The lowest BCUT2D eigenvalue weighted by Crippen LogP contribution is -2.53. The highest BCUT2D eigenvalue weighted by molar-refractivity contribution is 4.87. The fourth-order valence-corrected chi connectivity index (χ4v) is 2.54. The van der Waals surface area contributed by atoms with Gasteiger partial charge in [-0.25, -0.2) is 0 Å². The first-order chi connectivity index (χ1) is 6.15. The van der Waals surface area contributed by atoms with Crippen molar-refractivity contribution >= 4 is 0 Å². The zero-order valence-corrected chi connectivity index (χ0v) is 8.74. The van der Waals surface area contributed by atoms with E-state index in [1.54, 1.807) is 0 Å². The van der Waals surface area contributed by atoms with Gasteiger partial charge in [0.25, 0.3) is 0 Å². The molecular formula is C11H21NO. The SMILES string of the molecule is CC(C)[C@H]1C[C@@H](CN2CC(O)C2)C1. The van der Waals surface area contributed by atoms with Crippen LogP contribution in [0.2, 0.25) is 0 Å². The van der Waals surface area contributed by atoms with Gasteiger partial charge in [-0.3, -0.25) is 4.90 Å². The quantitative estimate of drug-likeness (QED) is 0.714. The Bertz CT molecular complexity index is 169. The number of hydrogen-bond donors (Lipinski definition) is 1. The molecule has 1 aliphatic carbocycles. The van der Waals surface area contributed by atoms with Crippen molar-refractivity contribution in [2.75, 3.05) is 19.6 Å². The first-order valence-electron chi connectivity index (χ1n) is 5.55. The molecule has 0 radical (unpaired) electrons. The van der Waals surface area contributed by atoms with Gasteiger partial charge in [0, 0.05) is 19.6 Å². The number of aliphatic hydroxyl groups is 1. The lowest BCUT2D eigenvalue weighted by Gasteiger charge is -2.44. The highest BCUT2D eigenvalue weighted by Crippen LogP contribution is 2.39. The van der Waals surface area contributed by atoms with Crippen molar-refractivity contribution in [1.29, 1.82) is 0 Å². The van der Waals surface area contributed by atoms with Crippen LogP contribution in [0.25, 0.3) is 0 Å². The first kappa shape index (κ1) is 9.47. The van der Waals surface area contributed by atoms with Crippen molar-refractivity contribution in [1.82, 2.24) is 4.90 Å². The van der Waals surface area contributed by atoms with Crippen molar-refractivity contribution in [3.63, 3.8) is 0 Å². The van der Waals surface area contributed by atoms with Gasteiger partial charge in [0.2, 0.25) is 0 Å². The molecule has 2 heteroatoms. The molecule has 1 heterocycles. The highest BCUT2D eigenvalue weighted by Gasteiger charge is 2.34. The van der Waals surface area contributed by atoms with Gasteiger partial charge in [0.05, 0.1) is 6.10 Å². The Morgan fingerprint density at radius 1 is 1.31 bits per heavy atom. The fraction of sp³-hybridized carbons (Fsp3) is 1.00. The van der Waals surface area contributed by atoms with Crippen LogP contribution in [0.4, 0.5) is 0 Å². The average Bonchev–Trinajstić information content (AvgIpc) is 1.90. The van der Waals surface area contributed by atoms with Crippen molar-refractivity contribution in [2.45, 2.75) is 32.8 Å². The molecule has 0 bridgehead atoms. The van der Waals surface area contributed by atoms with Gasteiger partial charge in [-0.15, -0.1) is 0 Å². The standard InChI is InChI=1S/C11H21NO/c1-8(2)10-3-9(4-10)5-12-6-11(13)7-12/h8-11,13H,3-7H2,1-2H3/t9-,10+. The summed E-state index contributed by atoms with van der Waals surface area (Å²) in [5.74, 6) is 2.79. The van der Waals surface area contributed by atoms with E-state index in [9.17, 15) is 0 Å². The lowest BCUT2D eigenvalue weighted by molar-refractivity contribution is -0.0237. The van der Waals surface area contributed by atoms with Gasteiger partial charge in [-0.2, -0.15) is 0 Å². The molecular weight excluding hydrogens is 162 g/mol. The molecule has 13 heavy (non-hydrogen) atoms. The molecule has 2 rings (SSSR count). The van der Waals surface area contributed by atoms with Gasteiger partial charge >= 0.3 is 0 Å². The minimum atomic E-state index is -0.0269. The summed E-state index contributed by atoms with van der Waals surface area (Å²) in [7, 11) is 0. The van der Waals surface area contributed by atoms with E-state index in [0.717, 1.165) is 30.8 Å². The van der Waals surface area contributed by atoms with Crippen LogP contribution >= 0.6 is 0 Å². The third kappa shape index (κ3) is 2.05. The molecule has 0 aromatic carbocycles. The van der Waals surface area contributed by atoms with Crippen LogP contribution < -0.4 is 0 Å². The van der Waals surface area contributed by atoms with Gasteiger partial charge in [0.1, 0.15) is 0 Å². The molecule has 0 amide bonds. The van der Waals surface area contributed by atoms with Crippen LogP contribution in [0.3, 0.4) is 0 Å². The van der Waals surface area contributed by atoms with Crippen LogP contribution in [0.5, 0.6) is 0 Å². The second-order valence-electron chi connectivity index (χ2n) is 5.21. The Hall–Kier alpha value is -0.0800. The third-order valence-electron chi connectivity index (χ3n) is 3.67. The second kappa shape index (κ2) is 3.58. The molecule has 1 saturated heterocycles. The fourth-order valence-electron chi connectivity index (χ4n) is 2.54. The predicted molar refractivity (Wildman–Crippen MR) is 53.5 cm³/mol. The van der Waals surface area contributed by atoms with Crippen molar-refractivity contribution in [3.8, 4) is 0 Å². The van der Waals surface area contributed by atoms with Gasteiger partial charge in [0.15, 0.2) is 0 Å². The van der Waals surface area contributed by atoms with E-state index in [1.807, 2.05) is 0 Å². The maximum Gasteiger partial charge on any atom is 0.0793 e. The predicted octanol–water partition coefficient (Wildman–Crippen LogP) is 1.35. The van der Waals surface area contributed by atoms with E-state index in [2.05, 4.69) is 18.7 Å². The molecule has 2 nitrogen and oxygen atoms in total. The van der Waals surface area contributed by atoms with Crippen LogP contribution in [0.15, 0.2) is 0 Å². The maximum atomic E-state index is 9.12. The van der Waals surface area contributed by atoms with E-state index in [0.29, 0.717) is 0 Å². The second-order valence-corrected chi connectivity index (χ2v) is 5.21. The monoisotopic (exact) mass is 183 g/mol. The number of aliphatic hydroxyl groups excluding tert-OH is 1. The van der Waals surface area contributed by atoms with Gasteiger partial charge in [-0.1, -0.05) is 13.8 Å². The van der Waals surface area contributed by atoms with Crippen LogP contribution in [0.1, 0.15) is 26.7 Å². The number of rotatable bonds is 3. The van der Waals surface area contributed by atoms with Crippen LogP contribution in [0, 0.1) is 17.8 Å². The number of hydrogen-bond acceptors (Lipinski definition) is 2. The first-order valence-corrected chi connectivity index (χ1v) is 5.55. The van der Waals surface area contributed by atoms with Crippen LogP contribution in [-0.2, 0) is 0 Å². The van der Waals surface area contributed by atoms with E-state index >= 15 is 0 Å². The van der Waals surface area contributed by atoms with E-state index in [-0.39, 0.29) is 6.10 Å². The van der Waals surface area contributed by atoms with Gasteiger partial charge in [-0.05, 0) is 30.6 Å². The van der Waals surface area contributed by atoms with Crippen molar-refractivity contribution < 1.29 is 5.11 Å². The third-order valence-corrected chi connectivity index (χ3v) is 3.67. The molecule has 0 aromatic rings. The Labute approximate surface area is 80.9 Å². The molecule has 2 fully saturated rings. The Balaban J connectivity index is 1.59. The molecule has 0 aromatic heterocycles. The largest absolute Gasteiger partial charge is 0.390 e. The molecule has 1 N–H and O–H groups in total. The topological polar surface area (TPSA) is 23.5 Å². The van der Waals surface area contributed by atoms with Crippen LogP contribution in [-0.4, -0.2) is 35.7 Å². The summed E-state index contributed by atoms with van der Waals surface area (Å²) >= 11 is 0. The van der Waals surface area contributed by atoms with E-state index in [1.165, 1.54) is 19.4 Å². The maximum absolute atomic E-state index is 9.12. The zero-order valence-electron chi connectivity index (χ0n) is 8.74. The number of nitrogens with zero attached hydrogens (tertiary/aromatic N) is 1. The summed E-state index contributed by atoms with van der Waals surface area (Å²) in [5.41, 5.74) is 0. The number of β-amino-alcohol motifs (C(OH)–C–C–N with tert-alkyl or cyclic N) is 1. The van der Waals surface area contributed by atoms with Crippen molar-refractivity contribution in [3.05, 3.63) is 0 Å². The molecule has 1 aliphatic heterocycles. The smallest absolute Gasteiger partial charge is 0.0793 e. The molecule has 1 saturated carbocycles. The molecule has 0 spiro atoms. The summed E-state index contributed by atoms with van der Waals surface area (Å²) in [6.45, 7) is 7.73. The molecule has 0 atom stereocenters. The summed E-state index contributed by atoms with van der Waals surface area (Å²) in [5, 5.41) is 9.12. The van der Waals surface area contributed by atoms with Gasteiger partial charge < -0.3 is 5.11 Å². The molecule has 76 valence electrons.